The van der Waals surface area contributed by atoms with Gasteiger partial charge in [-0.2, -0.15) is 0 Å². The van der Waals surface area contributed by atoms with E-state index in [9.17, 15) is 9.59 Å². The first kappa shape index (κ1) is 18.5. The first-order valence-corrected chi connectivity index (χ1v) is 9.80. The molecule has 1 fully saturated rings. The number of nitrogens with zero attached hydrogens (tertiary/aromatic N) is 1. The molecule has 1 aromatic rings. The van der Waals surface area contributed by atoms with Crippen molar-refractivity contribution in [2.45, 2.75) is 44.9 Å². The van der Waals surface area contributed by atoms with Crippen LogP contribution in [0.5, 0.6) is 0 Å². The van der Waals surface area contributed by atoms with Crippen LogP contribution in [0.4, 0.5) is 4.79 Å². The molecule has 1 aliphatic carbocycles. The maximum atomic E-state index is 12.5. The smallest absolute Gasteiger partial charge is 0.321 e. The minimum atomic E-state index is -0.0556. The summed E-state index contributed by atoms with van der Waals surface area (Å²) in [5.74, 6) is 0.527. The fraction of sp³-hybridized carbons (Fsp3) is 0.524. The predicted octanol–water partition coefficient (Wildman–Crippen LogP) is 3.22. The first-order valence-electron chi connectivity index (χ1n) is 9.80. The van der Waals surface area contributed by atoms with Crippen LogP contribution in [0, 0.1) is 5.92 Å². The number of nitrogens with one attached hydrogen (secondary N) is 2. The Balaban J connectivity index is 1.35. The van der Waals surface area contributed by atoms with E-state index in [0.29, 0.717) is 25.4 Å². The van der Waals surface area contributed by atoms with E-state index in [4.69, 9.17) is 0 Å². The second-order valence-electron chi connectivity index (χ2n) is 7.12. The lowest BCUT2D eigenvalue weighted by molar-refractivity contribution is -0.120. The van der Waals surface area contributed by atoms with Crippen LogP contribution in [-0.4, -0.2) is 36.5 Å². The molecule has 1 atom stereocenters. The topological polar surface area (TPSA) is 61.4 Å². The summed E-state index contributed by atoms with van der Waals surface area (Å²) in [5.41, 5.74) is 2.41. The van der Waals surface area contributed by atoms with Gasteiger partial charge in [-0.3, -0.25) is 9.69 Å². The Morgan fingerprint density at radius 2 is 1.85 bits per heavy atom. The molecule has 1 heterocycles. The highest BCUT2D eigenvalue weighted by Gasteiger charge is 2.30. The third-order valence-corrected chi connectivity index (χ3v) is 5.23. The molecule has 2 N–H and O–H groups in total. The normalized spacial score (nSPS) is 19.3. The van der Waals surface area contributed by atoms with Crippen molar-refractivity contribution in [3.8, 4) is 0 Å². The van der Waals surface area contributed by atoms with Gasteiger partial charge in [-0.05, 0) is 50.0 Å². The van der Waals surface area contributed by atoms with E-state index in [0.717, 1.165) is 25.8 Å². The maximum Gasteiger partial charge on any atom is 0.321 e. The third kappa shape index (κ3) is 5.10. The van der Waals surface area contributed by atoms with Gasteiger partial charge in [0.25, 0.3) is 0 Å². The molecule has 1 saturated heterocycles. The zero-order valence-electron chi connectivity index (χ0n) is 15.4. The number of piperidine rings is 1. The fourth-order valence-corrected chi connectivity index (χ4v) is 3.85. The Morgan fingerprint density at radius 1 is 1.04 bits per heavy atom. The zero-order chi connectivity index (χ0) is 18.2. The Bertz CT molecular complexity index is 642. The van der Waals surface area contributed by atoms with Crippen LogP contribution in [0.1, 0.15) is 44.1 Å². The number of rotatable bonds is 6. The molecule has 26 heavy (non-hydrogen) atoms. The van der Waals surface area contributed by atoms with Crippen LogP contribution in [0.15, 0.2) is 42.1 Å². The molecule has 1 aliphatic heterocycles. The van der Waals surface area contributed by atoms with Crippen LogP contribution in [0.25, 0.3) is 0 Å². The molecule has 5 nitrogen and oxygen atoms in total. The largest absolute Gasteiger partial charge is 0.356 e. The second-order valence-corrected chi connectivity index (χ2v) is 7.12. The molecule has 3 rings (SSSR count). The lowest BCUT2D eigenvalue weighted by atomic mass is 9.85. The third-order valence-electron chi connectivity index (χ3n) is 5.23. The van der Waals surface area contributed by atoms with Crippen LogP contribution < -0.4 is 10.6 Å². The molecular formula is C21H29N3O2. The Labute approximate surface area is 155 Å². The van der Waals surface area contributed by atoms with Crippen LogP contribution in [0.3, 0.4) is 0 Å². The highest BCUT2D eigenvalue weighted by atomic mass is 16.2. The van der Waals surface area contributed by atoms with Crippen molar-refractivity contribution in [1.29, 1.82) is 0 Å². The lowest BCUT2D eigenvalue weighted by Gasteiger charge is -2.37. The summed E-state index contributed by atoms with van der Waals surface area (Å²) in [6.45, 7) is 1.79. The van der Waals surface area contributed by atoms with E-state index in [-0.39, 0.29) is 11.9 Å². The molecule has 3 amide bonds. The van der Waals surface area contributed by atoms with Crippen molar-refractivity contribution in [1.82, 2.24) is 15.5 Å². The summed E-state index contributed by atoms with van der Waals surface area (Å²) >= 11 is 0. The molecular weight excluding hydrogens is 326 g/mol. The van der Waals surface area contributed by atoms with Crippen molar-refractivity contribution < 1.29 is 9.59 Å². The number of carbonyl (C=O) groups is 2. The molecule has 5 heteroatoms. The van der Waals surface area contributed by atoms with Gasteiger partial charge in [0, 0.05) is 31.8 Å². The quantitative estimate of drug-likeness (QED) is 0.823. The van der Waals surface area contributed by atoms with Gasteiger partial charge >= 0.3 is 6.03 Å². The van der Waals surface area contributed by atoms with E-state index in [1.165, 1.54) is 30.5 Å². The number of fused-ring (bicyclic) bond motifs is 1. The Kier molecular flexibility index (Phi) is 6.69. The highest BCUT2D eigenvalue weighted by molar-refractivity contribution is 5.79. The molecule has 2 aliphatic rings. The number of hydrogen-bond acceptors (Lipinski definition) is 2. The second kappa shape index (κ2) is 9.41. The highest BCUT2D eigenvalue weighted by Crippen LogP contribution is 2.34. The van der Waals surface area contributed by atoms with E-state index in [1.54, 1.807) is 0 Å². The minimum absolute atomic E-state index is 0.0189. The molecule has 0 spiro atoms. The van der Waals surface area contributed by atoms with Crippen LogP contribution in [0.2, 0.25) is 0 Å². The number of urea groups is 1. The molecule has 1 aromatic carbocycles. The summed E-state index contributed by atoms with van der Waals surface area (Å²) in [5, 5.41) is 5.82. The van der Waals surface area contributed by atoms with E-state index < -0.39 is 0 Å². The minimum Gasteiger partial charge on any atom is -0.356 e. The van der Waals surface area contributed by atoms with Crippen molar-refractivity contribution in [3.63, 3.8) is 0 Å². The summed E-state index contributed by atoms with van der Waals surface area (Å²) in [7, 11) is 0. The molecule has 0 radical (unpaired) electrons. The molecule has 0 bridgehead atoms. The molecule has 140 valence electrons. The number of carbonyl (C=O) groups excluding carboxylic acids is 2. The standard InChI is InChI=1S/C21H29N3O2/c25-20(22-14-12-17-7-2-1-3-8-17)13-15-23-21(26)24-16-6-10-18-9-4-5-11-19(18)24/h1-3,7-8,11,18H,4-6,9-10,12-16H2,(H,22,25)(H,23,26). The summed E-state index contributed by atoms with van der Waals surface area (Å²) < 4.78 is 0. The van der Waals surface area contributed by atoms with Crippen LogP contribution in [-0.2, 0) is 11.2 Å². The van der Waals surface area contributed by atoms with Gasteiger partial charge in [0.15, 0.2) is 0 Å². The zero-order valence-corrected chi connectivity index (χ0v) is 15.4. The average molecular weight is 355 g/mol. The van der Waals surface area contributed by atoms with Crippen molar-refractivity contribution in [2.24, 2.45) is 5.92 Å². The average Bonchev–Trinajstić information content (AvgIpc) is 2.68. The Morgan fingerprint density at radius 3 is 2.69 bits per heavy atom. The maximum absolute atomic E-state index is 12.5. The summed E-state index contributed by atoms with van der Waals surface area (Å²) in [6.07, 6.45) is 9.11. The summed E-state index contributed by atoms with van der Waals surface area (Å²) in [4.78, 5) is 26.3. The first-order chi connectivity index (χ1) is 12.7. The van der Waals surface area contributed by atoms with Gasteiger partial charge in [0.1, 0.15) is 0 Å². The van der Waals surface area contributed by atoms with Gasteiger partial charge in [-0.1, -0.05) is 36.4 Å². The fourth-order valence-electron chi connectivity index (χ4n) is 3.85. The number of benzene rings is 1. The number of hydrogen-bond donors (Lipinski definition) is 2. The van der Waals surface area contributed by atoms with E-state index >= 15 is 0 Å². The van der Waals surface area contributed by atoms with E-state index in [1.807, 2.05) is 23.1 Å². The Hall–Kier alpha value is -2.30. The summed E-state index contributed by atoms with van der Waals surface area (Å²) in [6, 6.07) is 10.0. The molecule has 0 saturated carbocycles. The van der Waals surface area contributed by atoms with Gasteiger partial charge < -0.3 is 10.6 Å². The number of amides is 3. The van der Waals surface area contributed by atoms with Crippen molar-refractivity contribution in [2.75, 3.05) is 19.6 Å². The van der Waals surface area contributed by atoms with Gasteiger partial charge in [-0.25, -0.2) is 4.79 Å². The van der Waals surface area contributed by atoms with Crippen molar-refractivity contribution >= 4 is 11.9 Å². The molecule has 0 aromatic heterocycles. The van der Waals surface area contributed by atoms with Gasteiger partial charge in [0.2, 0.25) is 5.91 Å². The molecule has 1 unspecified atom stereocenters. The predicted molar refractivity (Wildman–Crippen MR) is 103 cm³/mol. The number of allylic oxidation sites excluding steroid dienone is 2. The SMILES string of the molecule is O=C(CCNC(=O)N1CCCC2CCCC=C21)NCCc1ccccc1. The lowest BCUT2D eigenvalue weighted by Crippen LogP contribution is -2.45. The van der Waals surface area contributed by atoms with E-state index in [2.05, 4.69) is 28.8 Å². The van der Waals surface area contributed by atoms with Crippen molar-refractivity contribution in [3.05, 3.63) is 47.7 Å². The van der Waals surface area contributed by atoms with Gasteiger partial charge in [0.05, 0.1) is 0 Å². The monoisotopic (exact) mass is 355 g/mol. The number of likely N-dealkylation sites (tertiary alicyclic amines) is 1. The van der Waals surface area contributed by atoms with Gasteiger partial charge in [-0.15, -0.1) is 0 Å². The van der Waals surface area contributed by atoms with Crippen LogP contribution >= 0.6 is 0 Å².